The lowest BCUT2D eigenvalue weighted by Gasteiger charge is -1.93. The third-order valence-electron chi connectivity index (χ3n) is 1.11. The zero-order valence-electron chi connectivity index (χ0n) is 6.68. The van der Waals surface area contributed by atoms with E-state index in [1.165, 1.54) is 0 Å². The molecule has 3 N–H and O–H groups in total. The Hall–Kier alpha value is -0.340. The Labute approximate surface area is 63.7 Å². The maximum Gasteiger partial charge on any atom is 0.0431 e. The number of rotatable bonds is 5. The molecule has 0 aromatic carbocycles. The van der Waals surface area contributed by atoms with Gasteiger partial charge in [-0.1, -0.05) is 12.8 Å². The van der Waals surface area contributed by atoms with Gasteiger partial charge in [0.2, 0.25) is 0 Å². The molecule has 2 heteroatoms. The van der Waals surface area contributed by atoms with Gasteiger partial charge in [-0.25, -0.2) is 0 Å². The van der Waals surface area contributed by atoms with Crippen molar-refractivity contribution in [1.29, 1.82) is 0 Å². The first-order chi connectivity index (χ1) is 4.91. The molecular formula is C8H19NO. The quantitative estimate of drug-likeness (QED) is 0.452. The lowest BCUT2D eigenvalue weighted by Crippen LogP contribution is -1.97. The summed E-state index contributed by atoms with van der Waals surface area (Å²) in [4.78, 5) is 0. The molecule has 0 aromatic rings. The highest BCUT2D eigenvalue weighted by atomic mass is 16.2. The molecule has 0 spiro atoms. The van der Waals surface area contributed by atoms with Crippen molar-refractivity contribution >= 4 is 0 Å². The van der Waals surface area contributed by atoms with Gasteiger partial charge in [-0.3, -0.25) is 0 Å². The average molecular weight is 145 g/mol. The van der Waals surface area contributed by atoms with Gasteiger partial charge in [0.15, 0.2) is 0 Å². The highest BCUT2D eigenvalue weighted by Gasteiger charge is 1.84. The third-order valence-corrected chi connectivity index (χ3v) is 1.11. The summed E-state index contributed by atoms with van der Waals surface area (Å²) in [7, 11) is 0. The largest absolute Gasteiger partial charge is 0.396 e. The van der Waals surface area contributed by atoms with Crippen molar-refractivity contribution in [3.8, 4) is 0 Å². The van der Waals surface area contributed by atoms with Gasteiger partial charge in [0.1, 0.15) is 0 Å². The summed E-state index contributed by atoms with van der Waals surface area (Å²) in [6, 6.07) is 0. The van der Waals surface area contributed by atoms with Crippen molar-refractivity contribution in [3.63, 3.8) is 0 Å². The van der Waals surface area contributed by atoms with Gasteiger partial charge < -0.3 is 10.8 Å². The highest BCUT2D eigenvalue weighted by molar-refractivity contribution is 4.41. The molecular weight excluding hydrogens is 126 g/mol. The van der Waals surface area contributed by atoms with Crippen LogP contribution in [0.15, 0.2) is 13.2 Å². The fourth-order valence-corrected chi connectivity index (χ4v) is 0.610. The molecule has 0 aliphatic heterocycles. The molecule has 62 valence electrons. The van der Waals surface area contributed by atoms with Crippen molar-refractivity contribution in [3.05, 3.63) is 13.2 Å². The molecule has 0 unspecified atom stereocenters. The first-order valence-electron chi connectivity index (χ1n) is 3.72. The van der Waals surface area contributed by atoms with Crippen LogP contribution in [-0.4, -0.2) is 18.3 Å². The SMILES string of the molecule is C=C.NCCCCCCO. The maximum absolute atomic E-state index is 8.33. The molecule has 0 amide bonds. The predicted octanol–water partition coefficient (Wildman–Crippen LogP) is 1.30. The maximum atomic E-state index is 8.33. The number of hydrogen-bond donors (Lipinski definition) is 2. The van der Waals surface area contributed by atoms with E-state index < -0.39 is 0 Å². The molecule has 0 saturated heterocycles. The van der Waals surface area contributed by atoms with Gasteiger partial charge in [-0.05, 0) is 19.4 Å². The van der Waals surface area contributed by atoms with Crippen LogP contribution in [0.4, 0.5) is 0 Å². The van der Waals surface area contributed by atoms with Crippen LogP contribution < -0.4 is 5.73 Å². The molecule has 10 heavy (non-hydrogen) atoms. The van der Waals surface area contributed by atoms with Crippen molar-refractivity contribution < 1.29 is 5.11 Å². The third kappa shape index (κ3) is 15.6. The van der Waals surface area contributed by atoms with Gasteiger partial charge in [0, 0.05) is 6.61 Å². The summed E-state index contributed by atoms with van der Waals surface area (Å²) in [5.74, 6) is 0. The fraction of sp³-hybridized carbons (Fsp3) is 0.750. The van der Waals surface area contributed by atoms with E-state index in [0.29, 0.717) is 6.61 Å². The van der Waals surface area contributed by atoms with E-state index >= 15 is 0 Å². The Bertz CT molecular complexity index is 42.5. The summed E-state index contributed by atoms with van der Waals surface area (Å²) >= 11 is 0. The molecule has 0 aliphatic carbocycles. The molecule has 0 aliphatic rings. The van der Waals surface area contributed by atoms with Gasteiger partial charge in [-0.2, -0.15) is 0 Å². The lowest BCUT2D eigenvalue weighted by atomic mass is 10.2. The summed E-state index contributed by atoms with van der Waals surface area (Å²) in [6.45, 7) is 7.11. The Kier molecular flexibility index (Phi) is 19.6. The van der Waals surface area contributed by atoms with Crippen LogP contribution in [-0.2, 0) is 0 Å². The van der Waals surface area contributed by atoms with Crippen LogP contribution in [0.2, 0.25) is 0 Å². The Balaban J connectivity index is 0. The van der Waals surface area contributed by atoms with Crippen molar-refractivity contribution in [1.82, 2.24) is 0 Å². The minimum absolute atomic E-state index is 0.324. The Morgan fingerprint density at radius 2 is 1.50 bits per heavy atom. The summed E-state index contributed by atoms with van der Waals surface area (Å²) in [5, 5.41) is 8.33. The first-order valence-corrected chi connectivity index (χ1v) is 3.72. The number of aliphatic hydroxyl groups is 1. The molecule has 0 bridgehead atoms. The zero-order chi connectivity index (χ0) is 8.24. The van der Waals surface area contributed by atoms with Crippen LogP contribution in [0.1, 0.15) is 25.7 Å². The molecule has 0 aromatic heterocycles. The first kappa shape index (κ1) is 12.3. The van der Waals surface area contributed by atoms with E-state index in [4.69, 9.17) is 10.8 Å². The average Bonchev–Trinajstić information content (AvgIpc) is 2.02. The van der Waals surface area contributed by atoms with E-state index in [-0.39, 0.29) is 0 Å². The van der Waals surface area contributed by atoms with Crippen LogP contribution in [0.3, 0.4) is 0 Å². The van der Waals surface area contributed by atoms with E-state index in [2.05, 4.69) is 13.2 Å². The Morgan fingerprint density at radius 3 is 1.90 bits per heavy atom. The zero-order valence-corrected chi connectivity index (χ0v) is 6.68. The molecule has 0 atom stereocenters. The molecule has 0 rings (SSSR count). The second kappa shape index (κ2) is 15.9. The molecule has 0 saturated carbocycles. The minimum atomic E-state index is 0.324. The molecule has 0 radical (unpaired) electrons. The van der Waals surface area contributed by atoms with E-state index in [1.54, 1.807) is 0 Å². The molecule has 2 nitrogen and oxygen atoms in total. The standard InChI is InChI=1S/C6H15NO.C2H4/c7-5-3-1-2-4-6-8;1-2/h8H,1-7H2;1-2H2. The summed E-state index contributed by atoms with van der Waals surface area (Å²) < 4.78 is 0. The second-order valence-corrected chi connectivity index (χ2v) is 1.93. The molecule has 0 heterocycles. The molecule has 0 fully saturated rings. The summed E-state index contributed by atoms with van der Waals surface area (Å²) in [6.07, 6.45) is 4.31. The van der Waals surface area contributed by atoms with Crippen molar-refractivity contribution in [2.45, 2.75) is 25.7 Å². The number of aliphatic hydroxyl groups excluding tert-OH is 1. The van der Waals surface area contributed by atoms with Crippen molar-refractivity contribution in [2.24, 2.45) is 5.73 Å². The normalized spacial score (nSPS) is 8.20. The fourth-order valence-electron chi connectivity index (χ4n) is 0.610. The number of hydrogen-bond acceptors (Lipinski definition) is 2. The van der Waals surface area contributed by atoms with Gasteiger partial charge in [0.25, 0.3) is 0 Å². The highest BCUT2D eigenvalue weighted by Crippen LogP contribution is 1.95. The lowest BCUT2D eigenvalue weighted by molar-refractivity contribution is 0.282. The predicted molar refractivity (Wildman–Crippen MR) is 45.9 cm³/mol. The van der Waals surface area contributed by atoms with E-state index in [9.17, 15) is 0 Å². The smallest absolute Gasteiger partial charge is 0.0431 e. The monoisotopic (exact) mass is 145 g/mol. The van der Waals surface area contributed by atoms with Gasteiger partial charge in [-0.15, -0.1) is 13.2 Å². The number of nitrogens with two attached hydrogens (primary N) is 1. The second-order valence-electron chi connectivity index (χ2n) is 1.93. The van der Waals surface area contributed by atoms with E-state index in [0.717, 1.165) is 32.2 Å². The van der Waals surface area contributed by atoms with Crippen LogP contribution in [0.25, 0.3) is 0 Å². The van der Waals surface area contributed by atoms with Crippen LogP contribution >= 0.6 is 0 Å². The summed E-state index contributed by atoms with van der Waals surface area (Å²) in [5.41, 5.74) is 5.25. The van der Waals surface area contributed by atoms with Gasteiger partial charge in [0.05, 0.1) is 0 Å². The van der Waals surface area contributed by atoms with Crippen LogP contribution in [0, 0.1) is 0 Å². The van der Waals surface area contributed by atoms with Gasteiger partial charge >= 0.3 is 0 Å². The topological polar surface area (TPSA) is 46.2 Å². The van der Waals surface area contributed by atoms with E-state index in [1.807, 2.05) is 0 Å². The van der Waals surface area contributed by atoms with Crippen LogP contribution in [0.5, 0.6) is 0 Å². The Morgan fingerprint density at radius 1 is 1.00 bits per heavy atom. The minimum Gasteiger partial charge on any atom is -0.396 e. The van der Waals surface area contributed by atoms with Crippen molar-refractivity contribution in [2.75, 3.05) is 13.2 Å². The number of unbranched alkanes of at least 4 members (excludes halogenated alkanes) is 3.